The largest absolute Gasteiger partial charge is 0.385 e. The summed E-state index contributed by atoms with van der Waals surface area (Å²) in [6.07, 6.45) is 13.0. The number of carbonyl (C=O) groups is 2. The molecule has 4 aromatic heterocycles. The van der Waals surface area contributed by atoms with Crippen LogP contribution in [0.5, 0.6) is 0 Å². The number of benzene rings is 4. The van der Waals surface area contributed by atoms with E-state index in [0.717, 1.165) is 124 Å². The van der Waals surface area contributed by atoms with Gasteiger partial charge in [-0.05, 0) is 150 Å². The molecule has 2 amide bonds. The number of aryl methyl sites for hydroxylation is 1. The van der Waals surface area contributed by atoms with Crippen LogP contribution in [0.25, 0.3) is 66.1 Å². The summed E-state index contributed by atoms with van der Waals surface area (Å²) in [7, 11) is 5.32. The second-order valence-electron chi connectivity index (χ2n) is 19.3. The van der Waals surface area contributed by atoms with Crippen LogP contribution in [0.3, 0.4) is 0 Å². The highest BCUT2D eigenvalue weighted by atomic mass is 35.5. The summed E-state index contributed by atoms with van der Waals surface area (Å²) in [6, 6.07) is 27.1. The first kappa shape index (κ1) is 53.1. The molecule has 2 aliphatic heterocycles. The molecule has 8 aromatic rings. The number of likely N-dealkylation sites (tertiary alicyclic amines) is 2. The Hall–Kier alpha value is -6.74. The maximum absolute atomic E-state index is 13.4. The molecule has 0 atom stereocenters. The number of amides is 2. The van der Waals surface area contributed by atoms with Crippen molar-refractivity contribution in [3.8, 4) is 46.2 Å². The topological polar surface area (TPSA) is 130 Å². The average molecular weight is 1040 g/mol. The molecular formula is C61H64Cl2N8O4. The van der Waals surface area contributed by atoms with Gasteiger partial charge >= 0.3 is 0 Å². The quantitative estimate of drug-likeness (QED) is 0.0725. The van der Waals surface area contributed by atoms with Gasteiger partial charge in [-0.3, -0.25) is 19.4 Å². The molecule has 0 aliphatic carbocycles. The zero-order chi connectivity index (χ0) is 52.1. The van der Waals surface area contributed by atoms with Crippen molar-refractivity contribution in [2.24, 2.45) is 7.05 Å². The number of halogens is 2. The molecule has 14 heteroatoms. The van der Waals surface area contributed by atoms with Gasteiger partial charge in [-0.25, -0.2) is 9.97 Å². The van der Waals surface area contributed by atoms with E-state index in [2.05, 4.69) is 53.7 Å². The van der Waals surface area contributed by atoms with Crippen molar-refractivity contribution in [2.75, 3.05) is 79.8 Å². The van der Waals surface area contributed by atoms with E-state index in [-0.39, 0.29) is 11.8 Å². The molecule has 0 unspecified atom stereocenters. The van der Waals surface area contributed by atoms with Gasteiger partial charge in [0.15, 0.2) is 0 Å². The number of carbonyl (C=O) groups excluding carboxylic acids is 2. The fourth-order valence-electron chi connectivity index (χ4n) is 9.90. The molecule has 0 spiro atoms. The first-order valence-corrected chi connectivity index (χ1v) is 26.8. The van der Waals surface area contributed by atoms with E-state index in [4.69, 9.17) is 42.6 Å². The number of methoxy groups -OCH3 is 2. The second-order valence-corrected chi connectivity index (χ2v) is 20.1. The molecule has 4 aromatic carbocycles. The number of nitrogens with one attached hydrogen (secondary N) is 3. The third-order valence-electron chi connectivity index (χ3n) is 13.8. The number of pyridine rings is 2. The molecule has 386 valence electrons. The molecule has 3 N–H and O–H groups in total. The van der Waals surface area contributed by atoms with Crippen LogP contribution in [0.2, 0.25) is 10.0 Å². The van der Waals surface area contributed by atoms with Crippen LogP contribution in [-0.4, -0.2) is 121 Å². The number of aromatic nitrogens is 4. The SMILES string of the molecule is COCCCNC(=O)c1cc(-c2c[nH]c3ccc(Cl)cc23)nc2ccc(C#CCN3CCCCC3)cc12.COCCCNC(=O)c1cc(-c2cn(C)c3ccc(Cl)cc23)nc2ccc(C#CCN3CCCCC3)cc12. The first-order chi connectivity index (χ1) is 36.6. The zero-order valence-electron chi connectivity index (χ0n) is 43.1. The molecule has 75 heavy (non-hydrogen) atoms. The molecule has 2 aliphatic rings. The Balaban J connectivity index is 0.000000184. The van der Waals surface area contributed by atoms with E-state index in [1.165, 1.54) is 38.5 Å². The highest BCUT2D eigenvalue weighted by Gasteiger charge is 2.20. The maximum atomic E-state index is 13.4. The van der Waals surface area contributed by atoms with Crippen LogP contribution in [0, 0.1) is 23.7 Å². The number of hydrogen-bond acceptors (Lipinski definition) is 8. The third-order valence-corrected chi connectivity index (χ3v) is 14.3. The molecule has 0 radical (unpaired) electrons. The van der Waals surface area contributed by atoms with Crippen LogP contribution >= 0.6 is 23.2 Å². The number of fused-ring (bicyclic) bond motifs is 4. The smallest absolute Gasteiger partial charge is 0.252 e. The molecule has 0 saturated carbocycles. The van der Waals surface area contributed by atoms with Gasteiger partial charge in [-0.15, -0.1) is 0 Å². The molecule has 10 rings (SSSR count). The van der Waals surface area contributed by atoms with E-state index in [0.29, 0.717) is 53.2 Å². The van der Waals surface area contributed by atoms with Gasteiger partial charge < -0.3 is 29.7 Å². The summed E-state index contributed by atoms with van der Waals surface area (Å²) in [6.45, 7) is 8.26. The molecule has 12 nitrogen and oxygen atoms in total. The fraction of sp³-hybridized carbons (Fsp3) is 0.344. The van der Waals surface area contributed by atoms with E-state index in [1.807, 2.05) is 104 Å². The molecule has 6 heterocycles. The Morgan fingerprint density at radius 1 is 0.613 bits per heavy atom. The van der Waals surface area contributed by atoms with Gasteiger partial charge in [-0.2, -0.15) is 0 Å². The van der Waals surface area contributed by atoms with Crippen molar-refractivity contribution in [2.45, 2.75) is 51.4 Å². The van der Waals surface area contributed by atoms with Gasteiger partial charge in [0, 0.05) is 125 Å². The monoisotopic (exact) mass is 1040 g/mol. The summed E-state index contributed by atoms with van der Waals surface area (Å²) < 4.78 is 12.3. The van der Waals surface area contributed by atoms with Crippen molar-refractivity contribution in [1.82, 2.24) is 40.0 Å². The highest BCUT2D eigenvalue weighted by Crippen LogP contribution is 2.35. The lowest BCUT2D eigenvalue weighted by atomic mass is 10.0. The number of aromatic amines is 1. The van der Waals surface area contributed by atoms with Crippen molar-refractivity contribution in [3.63, 3.8) is 0 Å². The van der Waals surface area contributed by atoms with Crippen molar-refractivity contribution < 1.29 is 19.1 Å². The Kier molecular flexibility index (Phi) is 18.2. The third kappa shape index (κ3) is 13.4. The Bertz CT molecular complexity index is 3460. The molecule has 2 fully saturated rings. The van der Waals surface area contributed by atoms with E-state index < -0.39 is 0 Å². The average Bonchev–Trinajstić information content (AvgIpc) is 4.01. The number of H-pyrrole nitrogens is 1. The summed E-state index contributed by atoms with van der Waals surface area (Å²) in [4.78, 5) is 44.7. The summed E-state index contributed by atoms with van der Waals surface area (Å²) in [5.41, 5.74) is 9.73. The second kappa shape index (κ2) is 25.7. The number of rotatable bonds is 14. The van der Waals surface area contributed by atoms with E-state index in [9.17, 15) is 9.59 Å². The lowest BCUT2D eigenvalue weighted by Gasteiger charge is -2.23. The normalized spacial score (nSPS) is 14.0. The minimum absolute atomic E-state index is 0.133. The van der Waals surface area contributed by atoms with Crippen molar-refractivity contribution in [1.29, 1.82) is 0 Å². The number of piperidine rings is 2. The first-order valence-electron chi connectivity index (χ1n) is 26.0. The van der Waals surface area contributed by atoms with Gasteiger partial charge in [0.1, 0.15) is 0 Å². The number of hydrogen-bond donors (Lipinski definition) is 3. The Morgan fingerprint density at radius 3 is 1.65 bits per heavy atom. The highest BCUT2D eigenvalue weighted by molar-refractivity contribution is 6.32. The summed E-state index contributed by atoms with van der Waals surface area (Å²) in [5, 5.41) is 10.9. The minimum Gasteiger partial charge on any atom is -0.385 e. The molecule has 0 bridgehead atoms. The lowest BCUT2D eigenvalue weighted by molar-refractivity contribution is 0.0941. The molecular weight excluding hydrogens is 980 g/mol. The summed E-state index contributed by atoms with van der Waals surface area (Å²) in [5.74, 6) is 13.0. The van der Waals surface area contributed by atoms with Gasteiger partial charge in [0.05, 0.1) is 46.6 Å². The predicted octanol–water partition coefficient (Wildman–Crippen LogP) is 11.3. The lowest BCUT2D eigenvalue weighted by Crippen LogP contribution is -2.29. The van der Waals surface area contributed by atoms with Crippen molar-refractivity contribution >= 4 is 78.6 Å². The van der Waals surface area contributed by atoms with Crippen LogP contribution < -0.4 is 10.6 Å². The molecule has 2 saturated heterocycles. The Morgan fingerprint density at radius 2 is 1.12 bits per heavy atom. The van der Waals surface area contributed by atoms with Gasteiger partial charge in [0.25, 0.3) is 11.8 Å². The number of nitrogens with zero attached hydrogens (tertiary/aromatic N) is 5. The van der Waals surface area contributed by atoms with E-state index >= 15 is 0 Å². The van der Waals surface area contributed by atoms with Crippen LogP contribution in [0.1, 0.15) is 83.2 Å². The van der Waals surface area contributed by atoms with Crippen LogP contribution in [0.4, 0.5) is 0 Å². The standard InChI is InChI=1S/C31H33ClN4O2.C30H31ClN4O2/c1-35-21-27(25-19-23(32)10-12-30(25)35)29-20-26(31(37)33-13-7-17-38-2)24-18-22(9-11-28(24)34-29)8-6-16-36-14-4-3-5-15-36;1-37-16-6-12-32-30(36)25-19-29(26-20-33-27-11-9-22(31)18-24(26)27)34-28-10-8-21(17-23(25)28)7-5-15-35-13-3-2-4-14-35/h9-12,18-21H,3-5,7,13-17H2,1-2H3,(H,33,37);8-11,17-20,33H,2-4,6,12-16H2,1H3,(H,32,36). The van der Waals surface area contributed by atoms with Crippen molar-refractivity contribution in [3.05, 3.63) is 130 Å². The fourth-order valence-corrected chi connectivity index (χ4v) is 10.2. The van der Waals surface area contributed by atoms with E-state index in [1.54, 1.807) is 14.2 Å². The minimum atomic E-state index is -0.138. The Labute approximate surface area is 449 Å². The van der Waals surface area contributed by atoms with Gasteiger partial charge in [-0.1, -0.05) is 59.7 Å². The number of ether oxygens (including phenoxy) is 2. The predicted molar refractivity (Wildman–Crippen MR) is 305 cm³/mol. The zero-order valence-corrected chi connectivity index (χ0v) is 44.6. The van der Waals surface area contributed by atoms with Crippen LogP contribution in [0.15, 0.2) is 97.3 Å². The summed E-state index contributed by atoms with van der Waals surface area (Å²) >= 11 is 12.6. The van der Waals surface area contributed by atoms with Crippen LogP contribution in [-0.2, 0) is 16.5 Å². The maximum Gasteiger partial charge on any atom is 0.252 e. The van der Waals surface area contributed by atoms with Gasteiger partial charge in [0.2, 0.25) is 0 Å².